The minimum absolute atomic E-state index is 0.102. The number of unbranched alkanes of at least 4 members (excludes halogenated alkanes) is 35. The van der Waals surface area contributed by atoms with Gasteiger partial charge in [-0.15, -0.1) is 0 Å². The van der Waals surface area contributed by atoms with Crippen LogP contribution in [0.2, 0.25) is 0 Å². The molecular formula is C72H140O17P2. The lowest BCUT2D eigenvalue weighted by Crippen LogP contribution is -2.30. The van der Waals surface area contributed by atoms with Crippen LogP contribution in [0.4, 0.5) is 0 Å². The molecule has 0 saturated carbocycles. The molecule has 0 saturated heterocycles. The van der Waals surface area contributed by atoms with Crippen LogP contribution in [-0.2, 0) is 65.4 Å². The number of phosphoric ester groups is 2. The van der Waals surface area contributed by atoms with Crippen molar-refractivity contribution in [3.8, 4) is 0 Å². The van der Waals surface area contributed by atoms with Crippen molar-refractivity contribution in [2.24, 2.45) is 23.7 Å². The summed E-state index contributed by atoms with van der Waals surface area (Å²) in [5.41, 5.74) is 0. The standard InChI is InChI=1S/C72H140O17P2/c1-62(2)48-40-32-24-19-15-12-10-9-11-13-17-22-28-38-46-54-71(76)88-67(58-82-69(74)52-44-36-27-21-18-14-16-20-25-33-41-49-63(3)4)60-86-90(78,79)84-56-66(73)57-85-91(80,81)87-61-68(59-83-70(75)53-45-37-31-30-35-43-51-65(7)8)89-72(77)55-47-39-29-23-26-34-42-50-64(5)6/h62-68,73H,9-61H2,1-8H3,(H,78,79)(H,80,81)/t66-,67-,68-/m1/s1. The molecule has 2 unspecified atom stereocenters. The van der Waals surface area contributed by atoms with E-state index in [1.54, 1.807) is 0 Å². The van der Waals surface area contributed by atoms with E-state index in [1.165, 1.54) is 154 Å². The van der Waals surface area contributed by atoms with Crippen molar-refractivity contribution >= 4 is 39.5 Å². The molecule has 0 rings (SSSR count). The first-order chi connectivity index (χ1) is 43.6. The first kappa shape index (κ1) is 89.1. The highest BCUT2D eigenvalue weighted by Crippen LogP contribution is 2.45. The molecule has 0 aromatic carbocycles. The summed E-state index contributed by atoms with van der Waals surface area (Å²) in [6.07, 6.45) is 44.7. The van der Waals surface area contributed by atoms with E-state index in [0.717, 1.165) is 108 Å². The van der Waals surface area contributed by atoms with Crippen LogP contribution < -0.4 is 0 Å². The second-order valence-corrected chi connectivity index (χ2v) is 30.8. The third-order valence-corrected chi connectivity index (χ3v) is 18.5. The highest BCUT2D eigenvalue weighted by molar-refractivity contribution is 7.47. The number of hydrogen-bond acceptors (Lipinski definition) is 15. The van der Waals surface area contributed by atoms with Crippen LogP contribution in [0.25, 0.3) is 0 Å². The second kappa shape index (κ2) is 61.6. The number of carbonyl (C=O) groups is 4. The molecule has 0 amide bonds. The summed E-state index contributed by atoms with van der Waals surface area (Å²) in [6, 6.07) is 0. The number of aliphatic hydroxyl groups excluding tert-OH is 1. The van der Waals surface area contributed by atoms with E-state index in [-0.39, 0.29) is 25.7 Å². The molecule has 0 aromatic rings. The topological polar surface area (TPSA) is 237 Å². The van der Waals surface area contributed by atoms with Gasteiger partial charge in [-0.05, 0) is 49.4 Å². The van der Waals surface area contributed by atoms with Gasteiger partial charge in [0, 0.05) is 25.7 Å². The SMILES string of the molecule is CC(C)CCCCCCCCCCCCCCCCCC(=O)O[C@H](COC(=O)CCCCCCCCCCCCCC(C)C)COP(=O)(O)OC[C@@H](O)COP(=O)(O)OC[C@@H](COC(=O)CCCCCCCCC(C)C)OC(=O)CCCCCCCCCC(C)C. The first-order valence-electron chi connectivity index (χ1n) is 37.2. The van der Waals surface area contributed by atoms with Gasteiger partial charge in [-0.25, -0.2) is 9.13 Å². The molecule has 17 nitrogen and oxygen atoms in total. The average Bonchev–Trinajstić information content (AvgIpc) is 2.64. The van der Waals surface area contributed by atoms with E-state index in [2.05, 4.69) is 55.4 Å². The number of esters is 4. The minimum Gasteiger partial charge on any atom is -0.462 e. The Labute approximate surface area is 556 Å². The van der Waals surface area contributed by atoms with E-state index in [9.17, 15) is 43.2 Å². The fourth-order valence-corrected chi connectivity index (χ4v) is 12.4. The summed E-state index contributed by atoms with van der Waals surface area (Å²) < 4.78 is 68.3. The minimum atomic E-state index is -4.95. The van der Waals surface area contributed by atoms with Gasteiger partial charge in [-0.3, -0.25) is 37.3 Å². The molecule has 0 bridgehead atoms. The van der Waals surface area contributed by atoms with Gasteiger partial charge in [0.1, 0.15) is 19.3 Å². The molecule has 5 atom stereocenters. The third-order valence-electron chi connectivity index (χ3n) is 16.6. The predicted molar refractivity (Wildman–Crippen MR) is 367 cm³/mol. The maximum atomic E-state index is 13.0. The van der Waals surface area contributed by atoms with Gasteiger partial charge in [-0.1, -0.05) is 306 Å². The summed E-state index contributed by atoms with van der Waals surface area (Å²) >= 11 is 0. The molecule has 0 spiro atoms. The summed E-state index contributed by atoms with van der Waals surface area (Å²) in [7, 11) is -9.90. The van der Waals surface area contributed by atoms with Crippen LogP contribution in [0.1, 0.15) is 357 Å². The van der Waals surface area contributed by atoms with Gasteiger partial charge >= 0.3 is 39.5 Å². The normalized spacial score (nSPS) is 14.2. The van der Waals surface area contributed by atoms with Crippen molar-refractivity contribution in [1.82, 2.24) is 0 Å². The van der Waals surface area contributed by atoms with Crippen molar-refractivity contribution in [2.45, 2.75) is 375 Å². The van der Waals surface area contributed by atoms with Crippen LogP contribution >= 0.6 is 15.6 Å². The summed E-state index contributed by atoms with van der Waals surface area (Å²) in [5, 5.41) is 10.6. The molecule has 0 radical (unpaired) electrons. The number of phosphoric acid groups is 2. The van der Waals surface area contributed by atoms with Gasteiger partial charge in [0.05, 0.1) is 26.4 Å². The quantitative estimate of drug-likeness (QED) is 0.0222. The lowest BCUT2D eigenvalue weighted by molar-refractivity contribution is -0.161. The number of rotatable bonds is 69. The Balaban J connectivity index is 5.22. The molecule has 0 fully saturated rings. The fraction of sp³-hybridized carbons (Fsp3) is 0.944. The van der Waals surface area contributed by atoms with Gasteiger partial charge < -0.3 is 33.8 Å². The molecule has 0 aromatic heterocycles. The number of hydrogen-bond donors (Lipinski definition) is 3. The Morgan fingerprint density at radius 3 is 0.681 bits per heavy atom. The van der Waals surface area contributed by atoms with Crippen molar-refractivity contribution < 1.29 is 80.2 Å². The van der Waals surface area contributed by atoms with E-state index in [0.29, 0.717) is 37.5 Å². The molecule has 540 valence electrons. The van der Waals surface area contributed by atoms with Crippen molar-refractivity contribution in [1.29, 1.82) is 0 Å². The zero-order chi connectivity index (χ0) is 67.5. The fourth-order valence-electron chi connectivity index (χ4n) is 10.8. The number of ether oxygens (including phenoxy) is 4. The molecule has 0 aliphatic rings. The predicted octanol–water partition coefficient (Wildman–Crippen LogP) is 20.5. The van der Waals surface area contributed by atoms with Crippen LogP contribution in [0.15, 0.2) is 0 Å². The summed E-state index contributed by atoms with van der Waals surface area (Å²) in [6.45, 7) is 14.0. The van der Waals surface area contributed by atoms with Crippen LogP contribution in [-0.4, -0.2) is 96.7 Å². The maximum Gasteiger partial charge on any atom is 0.472 e. The summed E-state index contributed by atoms with van der Waals surface area (Å²) in [5.74, 6) is 0.819. The van der Waals surface area contributed by atoms with Gasteiger partial charge in [0.2, 0.25) is 0 Å². The Kier molecular flexibility index (Phi) is 60.3. The van der Waals surface area contributed by atoms with E-state index < -0.39 is 97.5 Å². The largest absolute Gasteiger partial charge is 0.472 e. The lowest BCUT2D eigenvalue weighted by atomic mass is 10.0. The van der Waals surface area contributed by atoms with Gasteiger partial charge in [0.15, 0.2) is 12.2 Å². The van der Waals surface area contributed by atoms with Crippen molar-refractivity contribution in [3.63, 3.8) is 0 Å². The molecule has 0 heterocycles. The van der Waals surface area contributed by atoms with Crippen LogP contribution in [0.5, 0.6) is 0 Å². The Bertz CT molecular complexity index is 1800. The summed E-state index contributed by atoms with van der Waals surface area (Å²) in [4.78, 5) is 72.5. The van der Waals surface area contributed by atoms with Crippen molar-refractivity contribution in [2.75, 3.05) is 39.6 Å². The first-order valence-corrected chi connectivity index (χ1v) is 40.2. The average molecular weight is 1340 g/mol. The monoisotopic (exact) mass is 1340 g/mol. The Morgan fingerprint density at radius 2 is 0.462 bits per heavy atom. The highest BCUT2D eigenvalue weighted by atomic mass is 31.2. The van der Waals surface area contributed by atoms with Crippen LogP contribution in [0, 0.1) is 23.7 Å². The maximum absolute atomic E-state index is 13.0. The third kappa shape index (κ3) is 66.5. The van der Waals surface area contributed by atoms with E-state index >= 15 is 0 Å². The Morgan fingerprint density at radius 1 is 0.275 bits per heavy atom. The second-order valence-electron chi connectivity index (χ2n) is 27.9. The van der Waals surface area contributed by atoms with Gasteiger partial charge in [0.25, 0.3) is 0 Å². The highest BCUT2D eigenvalue weighted by Gasteiger charge is 2.30. The zero-order valence-corrected chi connectivity index (χ0v) is 61.3. The van der Waals surface area contributed by atoms with E-state index in [4.69, 9.17) is 37.0 Å². The lowest BCUT2D eigenvalue weighted by Gasteiger charge is -2.21. The molecule has 19 heteroatoms. The number of carbonyl (C=O) groups excluding carboxylic acids is 4. The number of aliphatic hydroxyl groups is 1. The van der Waals surface area contributed by atoms with Crippen molar-refractivity contribution in [3.05, 3.63) is 0 Å². The molecular weight excluding hydrogens is 1200 g/mol. The van der Waals surface area contributed by atoms with E-state index in [1.807, 2.05) is 0 Å². The molecule has 91 heavy (non-hydrogen) atoms. The zero-order valence-electron chi connectivity index (χ0n) is 59.5. The Hall–Kier alpha value is -1.94. The smallest absolute Gasteiger partial charge is 0.462 e. The molecule has 0 aliphatic heterocycles. The van der Waals surface area contributed by atoms with Crippen LogP contribution in [0.3, 0.4) is 0 Å². The molecule has 3 N–H and O–H groups in total. The van der Waals surface area contributed by atoms with Gasteiger partial charge in [-0.2, -0.15) is 0 Å². The molecule has 0 aliphatic carbocycles.